The Morgan fingerprint density at radius 2 is 0.811 bits per heavy atom. The minimum atomic E-state index is -3.61. The van der Waals surface area contributed by atoms with Crippen LogP contribution in [0.2, 0.25) is 9.36 Å². The van der Waals surface area contributed by atoms with E-state index in [0.717, 1.165) is 0 Å². The first kappa shape index (κ1) is 30.6. The van der Waals surface area contributed by atoms with Crippen molar-refractivity contribution in [2.24, 2.45) is 5.41 Å². The van der Waals surface area contributed by atoms with Crippen LogP contribution in [0, 0.1) is 5.41 Å². The molecule has 4 bridgehead atoms. The summed E-state index contributed by atoms with van der Waals surface area (Å²) in [4.78, 5) is 0. The molecule has 2 atom stereocenters. The zero-order valence-electron chi connectivity index (χ0n) is 30.3. The van der Waals surface area contributed by atoms with Gasteiger partial charge in [-0.25, -0.2) is 0 Å². The fraction of sp³-hybridized carbons (Fsp3) is 0.154. The molecule has 0 amide bonds. The molecule has 0 nitrogen and oxygen atoms in total. The average Bonchev–Trinajstić information content (AvgIpc) is 3.73. The van der Waals surface area contributed by atoms with Gasteiger partial charge in [-0.2, -0.15) is 0 Å². The number of hydrogen-bond donors (Lipinski definition) is 0. The first-order valence-corrected chi connectivity index (χ1v) is 30.9. The molecule has 3 aliphatic carbocycles. The Bertz CT molecular complexity index is 2770. The minimum absolute atomic E-state index is 0.0514. The third-order valence-corrected chi connectivity index (χ3v) is 29.0. The van der Waals surface area contributed by atoms with E-state index >= 15 is 0 Å². The van der Waals surface area contributed by atoms with Crippen LogP contribution in [0.1, 0.15) is 60.0 Å². The van der Waals surface area contributed by atoms with Crippen LogP contribution >= 0.6 is 0 Å². The van der Waals surface area contributed by atoms with Crippen molar-refractivity contribution in [3.05, 3.63) is 191 Å². The van der Waals surface area contributed by atoms with Crippen molar-refractivity contribution in [1.29, 1.82) is 0 Å². The molecule has 0 saturated heterocycles. The van der Waals surface area contributed by atoms with Crippen molar-refractivity contribution in [3.8, 4) is 0 Å². The van der Waals surface area contributed by atoms with Gasteiger partial charge in [-0.1, -0.05) is 0 Å². The molecule has 252 valence electrons. The maximum absolute atomic E-state index is 3.61. The molecule has 1 fully saturated rings. The standard InChI is InChI=1S/C50H34.2CH3.Hf/c1-5-18-38-32(12-1)24-26-34-16-9-22-42(46(34)38)44-30-36-14-3-7-20-40(36)48(44)50(28-11-29-50)49-41-21-8-4-15-37(41)31-45(49)43-23-10-17-35-27-25-33-13-2-6-19-39(33)47(35)43;;;/h1-10,12-27,30-31H,11,28-29H2;2*1H3;. The predicted molar refractivity (Wildman–Crippen MR) is 223 cm³/mol. The van der Waals surface area contributed by atoms with Gasteiger partial charge in [-0.05, 0) is 0 Å². The van der Waals surface area contributed by atoms with Crippen molar-refractivity contribution in [2.45, 2.75) is 36.0 Å². The summed E-state index contributed by atoms with van der Waals surface area (Å²) in [6, 6.07) is 61.3. The van der Waals surface area contributed by atoms with E-state index in [0.29, 0.717) is 7.35 Å². The monoisotopic (exact) mass is 844 g/mol. The molecular formula is C52H40Hf. The fourth-order valence-electron chi connectivity index (χ4n) is 11.9. The molecule has 1 heteroatoms. The number of benzene rings is 8. The molecule has 2 unspecified atom stereocenters. The summed E-state index contributed by atoms with van der Waals surface area (Å²) in [7, 11) is 0. The van der Waals surface area contributed by atoms with E-state index in [9.17, 15) is 0 Å². The summed E-state index contributed by atoms with van der Waals surface area (Å²) < 4.78 is 6.53. The number of fused-ring (bicyclic) bond motifs is 16. The van der Waals surface area contributed by atoms with Crippen LogP contribution in [0.4, 0.5) is 0 Å². The summed E-state index contributed by atoms with van der Waals surface area (Å²) in [5, 5.41) is 11.0. The zero-order chi connectivity index (χ0) is 35.1. The van der Waals surface area contributed by atoms with Crippen LogP contribution < -0.4 is 0 Å². The Balaban J connectivity index is 1.28. The van der Waals surface area contributed by atoms with Crippen molar-refractivity contribution in [1.82, 2.24) is 0 Å². The molecule has 1 heterocycles. The van der Waals surface area contributed by atoms with Gasteiger partial charge >= 0.3 is 318 Å². The third kappa shape index (κ3) is 3.89. The SMILES string of the molecule is [CH3][Hf]1([CH3])[CH]2C(c3cccc4ccc5ccccc5c34)=C(c3ccccc32)C2(CCC2)C2=C(c3cccc4ccc5ccccc5c34)[CH]1c1ccccc12. The van der Waals surface area contributed by atoms with E-state index in [-0.39, 0.29) is 5.41 Å². The second kappa shape index (κ2) is 10.9. The first-order valence-electron chi connectivity index (χ1n) is 19.6. The third-order valence-electron chi connectivity index (χ3n) is 14.0. The number of hydrogen-bond acceptors (Lipinski definition) is 0. The summed E-state index contributed by atoms with van der Waals surface area (Å²) >= 11 is -3.61. The van der Waals surface area contributed by atoms with Gasteiger partial charge in [0.15, 0.2) is 0 Å². The van der Waals surface area contributed by atoms with Crippen LogP contribution in [-0.4, -0.2) is 0 Å². The van der Waals surface area contributed by atoms with Gasteiger partial charge < -0.3 is 0 Å². The summed E-state index contributed by atoms with van der Waals surface area (Å²) in [6.07, 6.45) is 3.65. The van der Waals surface area contributed by atoms with Gasteiger partial charge in [0.2, 0.25) is 0 Å². The van der Waals surface area contributed by atoms with Crippen LogP contribution in [-0.2, 0) is 20.0 Å². The first-order chi connectivity index (χ1) is 26.1. The van der Waals surface area contributed by atoms with E-state index in [4.69, 9.17) is 0 Å². The Hall–Kier alpha value is -4.85. The molecule has 4 aliphatic rings. The molecule has 1 aliphatic heterocycles. The zero-order valence-corrected chi connectivity index (χ0v) is 33.9. The summed E-state index contributed by atoms with van der Waals surface area (Å²) in [5.41, 5.74) is 15.9. The molecule has 0 aromatic heterocycles. The molecule has 53 heavy (non-hydrogen) atoms. The second-order valence-electron chi connectivity index (χ2n) is 16.8. The van der Waals surface area contributed by atoms with Crippen LogP contribution in [0.25, 0.3) is 65.4 Å². The Labute approximate surface area is 315 Å². The number of rotatable bonds is 2. The Kier molecular flexibility index (Phi) is 6.27. The quantitative estimate of drug-likeness (QED) is 0.120. The van der Waals surface area contributed by atoms with Crippen molar-refractivity contribution in [3.63, 3.8) is 0 Å². The molecule has 8 aromatic carbocycles. The summed E-state index contributed by atoms with van der Waals surface area (Å²) in [6.45, 7) is 0. The molecule has 0 radical (unpaired) electrons. The van der Waals surface area contributed by atoms with E-state index in [1.54, 1.807) is 33.4 Å². The van der Waals surface area contributed by atoms with Crippen LogP contribution in [0.15, 0.2) is 158 Å². The van der Waals surface area contributed by atoms with Gasteiger partial charge in [0, 0.05) is 0 Å². The molecule has 1 spiro atoms. The molecule has 8 aromatic rings. The number of allylic oxidation sites excluding steroid dienone is 4. The Morgan fingerprint density at radius 3 is 1.28 bits per heavy atom. The van der Waals surface area contributed by atoms with Crippen molar-refractivity contribution in [2.75, 3.05) is 0 Å². The van der Waals surface area contributed by atoms with E-state index < -0.39 is 20.0 Å². The predicted octanol–water partition coefficient (Wildman–Crippen LogP) is 14.4. The average molecular weight is 843 g/mol. The van der Waals surface area contributed by atoms with E-state index in [2.05, 4.69) is 167 Å². The van der Waals surface area contributed by atoms with Crippen LogP contribution in [0.5, 0.6) is 0 Å². The normalized spacial score (nSPS) is 20.6. The topological polar surface area (TPSA) is 0 Å². The van der Waals surface area contributed by atoms with E-state index in [1.165, 1.54) is 84.6 Å². The van der Waals surface area contributed by atoms with E-state index in [1.807, 2.05) is 0 Å². The van der Waals surface area contributed by atoms with Gasteiger partial charge in [-0.15, -0.1) is 0 Å². The van der Waals surface area contributed by atoms with Crippen molar-refractivity contribution >= 4 is 65.4 Å². The molecule has 0 N–H and O–H groups in total. The van der Waals surface area contributed by atoms with Gasteiger partial charge in [0.1, 0.15) is 0 Å². The fourth-order valence-corrected chi connectivity index (χ4v) is 28.2. The molecular weight excluding hydrogens is 803 g/mol. The second-order valence-corrected chi connectivity index (χ2v) is 34.0. The Morgan fingerprint density at radius 1 is 0.415 bits per heavy atom. The van der Waals surface area contributed by atoms with Gasteiger partial charge in [0.05, 0.1) is 0 Å². The van der Waals surface area contributed by atoms with Gasteiger partial charge in [0.25, 0.3) is 0 Å². The molecule has 12 rings (SSSR count). The van der Waals surface area contributed by atoms with Gasteiger partial charge in [-0.3, -0.25) is 0 Å². The summed E-state index contributed by atoms with van der Waals surface area (Å²) in [5.74, 6) is 0. The maximum atomic E-state index is 2.83. The molecule has 1 saturated carbocycles. The van der Waals surface area contributed by atoms with Crippen molar-refractivity contribution < 1.29 is 20.0 Å². The van der Waals surface area contributed by atoms with Crippen LogP contribution in [0.3, 0.4) is 0 Å².